The Morgan fingerprint density at radius 1 is 0.405 bits per heavy atom. The smallest absolute Gasteiger partial charge is 0.171 e. The highest BCUT2D eigenvalue weighted by Gasteiger charge is 2.30. The molecule has 1 aromatic heterocycles. The number of hydrogen-bond acceptors (Lipinski definition) is 2. The maximum atomic E-state index is 15.5. The lowest BCUT2D eigenvalue weighted by Gasteiger charge is -2.21. The van der Waals surface area contributed by atoms with E-state index in [1.54, 1.807) is 0 Å². The maximum Gasteiger partial charge on any atom is 0.171 e. The fraction of sp³-hybridized carbons (Fsp3) is 0. The second-order valence-electron chi connectivity index (χ2n) is 10.7. The van der Waals surface area contributed by atoms with Gasteiger partial charge in [0.2, 0.25) is 0 Å². The molecule has 0 spiro atoms. The molecule has 8 aromatic rings. The summed E-state index contributed by atoms with van der Waals surface area (Å²) < 4.78 is 15.5. The first-order chi connectivity index (χ1) is 20.7. The molecule has 0 amide bonds. The van der Waals surface area contributed by atoms with Crippen molar-refractivity contribution in [1.29, 1.82) is 0 Å². The van der Waals surface area contributed by atoms with Crippen molar-refractivity contribution in [3.63, 3.8) is 0 Å². The van der Waals surface area contributed by atoms with Crippen LogP contribution in [0.25, 0.3) is 54.5 Å². The molecule has 0 unspecified atom stereocenters. The molecule has 0 aliphatic rings. The Kier molecular flexibility index (Phi) is 5.77. The molecule has 0 aliphatic carbocycles. The summed E-state index contributed by atoms with van der Waals surface area (Å²) in [6, 6.07) is 53.8. The van der Waals surface area contributed by atoms with Crippen LogP contribution in [0.5, 0.6) is 0 Å². The molecule has 0 saturated heterocycles. The first kappa shape index (κ1) is 24.7. The normalized spacial score (nSPS) is 11.9. The number of aromatic nitrogens is 1. The largest absolute Gasteiger partial charge is 0.309 e. The Bertz CT molecular complexity index is 2260. The third-order valence-corrected chi connectivity index (χ3v) is 11.3. The summed E-state index contributed by atoms with van der Waals surface area (Å²) >= 11 is 0. The Balaban J connectivity index is 1.33. The van der Waals surface area contributed by atoms with Gasteiger partial charge in [0.1, 0.15) is 0 Å². The van der Waals surface area contributed by atoms with E-state index in [-0.39, 0.29) is 0 Å². The van der Waals surface area contributed by atoms with Crippen LogP contribution in [0.15, 0.2) is 158 Å². The lowest BCUT2D eigenvalue weighted by atomic mass is 10.0. The second kappa shape index (κ2) is 9.80. The molecule has 1 heterocycles. The third-order valence-electron chi connectivity index (χ3n) is 8.31. The van der Waals surface area contributed by atoms with Crippen molar-refractivity contribution in [3.05, 3.63) is 158 Å². The van der Waals surface area contributed by atoms with Crippen molar-refractivity contribution >= 4 is 66.3 Å². The van der Waals surface area contributed by atoms with Gasteiger partial charge < -0.3 is 4.57 Å². The van der Waals surface area contributed by atoms with E-state index in [0.717, 1.165) is 65.0 Å². The van der Waals surface area contributed by atoms with Gasteiger partial charge in [-0.3, -0.25) is 0 Å². The van der Waals surface area contributed by atoms with Gasteiger partial charge in [-0.25, -0.2) is 4.98 Å². The van der Waals surface area contributed by atoms with Crippen LogP contribution in [0.1, 0.15) is 0 Å². The minimum atomic E-state index is -3.20. The predicted molar refractivity (Wildman–Crippen MR) is 179 cm³/mol. The van der Waals surface area contributed by atoms with Crippen LogP contribution < -0.4 is 15.9 Å². The van der Waals surface area contributed by atoms with E-state index in [1.807, 2.05) is 54.6 Å². The van der Waals surface area contributed by atoms with Gasteiger partial charge in [0.15, 0.2) is 7.14 Å². The van der Waals surface area contributed by atoms with Gasteiger partial charge in [-0.2, -0.15) is 0 Å². The van der Waals surface area contributed by atoms with Crippen molar-refractivity contribution in [1.82, 2.24) is 4.98 Å². The van der Waals surface area contributed by atoms with Gasteiger partial charge in [0.05, 0.1) is 11.2 Å². The Morgan fingerprint density at radius 3 is 1.50 bits per heavy atom. The van der Waals surface area contributed by atoms with Crippen LogP contribution in [-0.2, 0) is 4.57 Å². The zero-order valence-electron chi connectivity index (χ0n) is 22.8. The van der Waals surface area contributed by atoms with E-state index in [4.69, 9.17) is 4.98 Å². The van der Waals surface area contributed by atoms with Crippen molar-refractivity contribution in [2.45, 2.75) is 0 Å². The lowest BCUT2D eigenvalue weighted by molar-refractivity contribution is 0.592. The first-order valence-electron chi connectivity index (χ1n) is 14.2. The monoisotopic (exact) mass is 555 g/mol. The molecule has 2 nitrogen and oxygen atoms in total. The number of hydrogen-bond donors (Lipinski definition) is 0. The highest BCUT2D eigenvalue weighted by atomic mass is 31.2. The van der Waals surface area contributed by atoms with Crippen LogP contribution >= 0.6 is 7.14 Å². The molecule has 7 aromatic carbocycles. The Morgan fingerprint density at radius 2 is 0.881 bits per heavy atom. The molecule has 0 atom stereocenters. The first-order valence-corrected chi connectivity index (χ1v) is 15.9. The van der Waals surface area contributed by atoms with Crippen molar-refractivity contribution in [3.8, 4) is 11.3 Å². The molecular weight excluding hydrogens is 529 g/mol. The van der Waals surface area contributed by atoms with Crippen LogP contribution in [0.3, 0.4) is 0 Å². The van der Waals surface area contributed by atoms with E-state index >= 15 is 4.57 Å². The average Bonchev–Trinajstić information content (AvgIpc) is 3.07. The fourth-order valence-corrected chi connectivity index (χ4v) is 8.82. The SMILES string of the molecule is O=P(c1ccc(-c2nc3ccccc3c3ccccc23)cc1)(c1ccc2ccccc2c1)c1ccc2ccccc2c1. The number of para-hydroxylation sites is 1. The van der Waals surface area contributed by atoms with Crippen molar-refractivity contribution in [2.24, 2.45) is 0 Å². The molecule has 0 fully saturated rings. The standard InChI is InChI=1S/C39H26NOP/c41-42(33-23-17-27-9-1-3-11-30(27)25-33,34-24-18-28-10-2-4-12-31(28)26-34)32-21-19-29(20-22-32)39-37-15-6-5-13-35(37)36-14-7-8-16-38(36)40-39/h1-26H. The molecule has 3 heteroatoms. The number of benzene rings is 7. The van der Waals surface area contributed by atoms with Crippen LogP contribution in [0, 0.1) is 0 Å². The van der Waals surface area contributed by atoms with Gasteiger partial charge in [-0.05, 0) is 45.1 Å². The predicted octanol–water partition coefficient (Wildman–Crippen LogP) is 9.00. The second-order valence-corrected chi connectivity index (χ2v) is 13.5. The minimum absolute atomic E-state index is 0.807. The molecule has 0 N–H and O–H groups in total. The zero-order chi connectivity index (χ0) is 28.1. The summed E-state index contributed by atoms with van der Waals surface area (Å²) in [6.07, 6.45) is 0. The quantitative estimate of drug-likeness (QED) is 0.160. The summed E-state index contributed by atoms with van der Waals surface area (Å²) in [4.78, 5) is 5.08. The average molecular weight is 556 g/mol. The molecule has 42 heavy (non-hydrogen) atoms. The minimum Gasteiger partial charge on any atom is -0.309 e. The molecule has 0 aliphatic heterocycles. The Hall–Kier alpha value is -5.04. The van der Waals surface area contributed by atoms with E-state index in [0.29, 0.717) is 0 Å². The van der Waals surface area contributed by atoms with Crippen LogP contribution in [-0.4, -0.2) is 4.98 Å². The van der Waals surface area contributed by atoms with Gasteiger partial charge in [0, 0.05) is 32.2 Å². The van der Waals surface area contributed by atoms with Crippen LogP contribution in [0.4, 0.5) is 0 Å². The molecule has 0 saturated carbocycles. The number of rotatable bonds is 4. The van der Waals surface area contributed by atoms with Gasteiger partial charge in [-0.15, -0.1) is 0 Å². The summed E-state index contributed by atoms with van der Waals surface area (Å²) in [5.41, 5.74) is 2.90. The van der Waals surface area contributed by atoms with E-state index in [1.165, 1.54) is 5.39 Å². The van der Waals surface area contributed by atoms with E-state index in [2.05, 4.69) is 103 Å². The summed E-state index contributed by atoms with van der Waals surface area (Å²) in [5.74, 6) is 0. The Labute approximate surface area is 244 Å². The third kappa shape index (κ3) is 3.96. The summed E-state index contributed by atoms with van der Waals surface area (Å²) in [7, 11) is -3.20. The van der Waals surface area contributed by atoms with Gasteiger partial charge >= 0.3 is 0 Å². The fourth-order valence-electron chi connectivity index (χ4n) is 6.15. The summed E-state index contributed by atoms with van der Waals surface area (Å²) in [5, 5.41) is 10.3. The van der Waals surface area contributed by atoms with Crippen LogP contribution in [0.2, 0.25) is 0 Å². The van der Waals surface area contributed by atoms with E-state index < -0.39 is 7.14 Å². The van der Waals surface area contributed by atoms with Gasteiger partial charge in [0.25, 0.3) is 0 Å². The molecule has 0 radical (unpaired) electrons. The zero-order valence-corrected chi connectivity index (χ0v) is 23.7. The van der Waals surface area contributed by atoms with Gasteiger partial charge in [-0.1, -0.05) is 140 Å². The summed E-state index contributed by atoms with van der Waals surface area (Å²) in [6.45, 7) is 0. The molecular formula is C39H26NOP. The molecule has 8 rings (SSSR count). The molecule has 198 valence electrons. The maximum absolute atomic E-state index is 15.5. The lowest BCUT2D eigenvalue weighted by Crippen LogP contribution is -2.25. The topological polar surface area (TPSA) is 30.0 Å². The number of pyridine rings is 1. The van der Waals surface area contributed by atoms with Crippen molar-refractivity contribution < 1.29 is 4.57 Å². The molecule has 0 bridgehead atoms. The van der Waals surface area contributed by atoms with Crippen molar-refractivity contribution in [2.75, 3.05) is 0 Å². The highest BCUT2D eigenvalue weighted by Crippen LogP contribution is 2.44. The highest BCUT2D eigenvalue weighted by molar-refractivity contribution is 7.85. The number of nitrogens with zero attached hydrogens (tertiary/aromatic N) is 1. The van der Waals surface area contributed by atoms with E-state index in [9.17, 15) is 0 Å². The number of fused-ring (bicyclic) bond motifs is 5.